The third kappa shape index (κ3) is 2.94. The second kappa shape index (κ2) is 7.63. The van der Waals surface area contributed by atoms with Crippen molar-refractivity contribution < 1.29 is 0 Å². The number of hydrogen-bond acceptors (Lipinski definition) is 7. The standard InChI is InChI=1S/C23H24N4O4/c1-3-26(4-2)10-7-11-27-22(30)16-17(23(27)31)19(25)15-14(18(16)24)20(28)12-8-5-6-9-13(12)21(15)29/h5-6,8-9H,3-4,7,10-11,24-25H2,1-2H3. The molecular weight excluding hydrogens is 396 g/mol. The van der Waals surface area contributed by atoms with Crippen LogP contribution in [-0.2, 0) is 6.54 Å². The number of nitrogens with two attached hydrogens (primary N) is 2. The molecule has 0 saturated heterocycles. The second-order valence-corrected chi connectivity index (χ2v) is 7.67. The first-order chi connectivity index (χ1) is 14.8. The SMILES string of the molecule is CCN(CC)CCCn1c(=O)c2c(N)c3c(=O)c4ccccc4c(=O)c3c(N)c2c1=O. The van der Waals surface area contributed by atoms with Crippen molar-refractivity contribution in [3.63, 3.8) is 0 Å². The molecule has 0 amide bonds. The summed E-state index contributed by atoms with van der Waals surface area (Å²) in [5.74, 6) is 0. The summed E-state index contributed by atoms with van der Waals surface area (Å²) in [6, 6.07) is 6.37. The Labute approximate surface area is 177 Å². The number of nitrogens with zero attached hydrogens (tertiary/aromatic N) is 2. The van der Waals surface area contributed by atoms with Crippen LogP contribution < -0.4 is 33.4 Å². The average Bonchev–Trinajstić information content (AvgIpc) is 3.02. The smallest absolute Gasteiger partial charge is 0.263 e. The molecule has 0 spiro atoms. The first-order valence-corrected chi connectivity index (χ1v) is 10.3. The lowest BCUT2D eigenvalue weighted by Gasteiger charge is -2.17. The first kappa shape index (κ1) is 20.7. The zero-order valence-electron chi connectivity index (χ0n) is 17.5. The number of benzene rings is 3. The fraction of sp³-hybridized carbons (Fsp3) is 0.304. The lowest BCUT2D eigenvalue weighted by Crippen LogP contribution is -2.29. The van der Waals surface area contributed by atoms with Gasteiger partial charge in [0.2, 0.25) is 0 Å². The zero-order valence-corrected chi connectivity index (χ0v) is 17.5. The summed E-state index contributed by atoms with van der Waals surface area (Å²) in [6.07, 6.45) is 0.593. The Morgan fingerprint density at radius 2 is 1.23 bits per heavy atom. The van der Waals surface area contributed by atoms with Gasteiger partial charge in [-0.15, -0.1) is 0 Å². The summed E-state index contributed by atoms with van der Waals surface area (Å²) in [7, 11) is 0. The van der Waals surface area contributed by atoms with Gasteiger partial charge in [-0.05, 0) is 26.1 Å². The molecule has 0 atom stereocenters. The van der Waals surface area contributed by atoms with Gasteiger partial charge in [0, 0.05) is 17.3 Å². The van der Waals surface area contributed by atoms with Crippen molar-refractivity contribution in [3.8, 4) is 0 Å². The molecular formula is C23H24N4O4. The van der Waals surface area contributed by atoms with Gasteiger partial charge in [0.1, 0.15) is 0 Å². The molecule has 8 nitrogen and oxygen atoms in total. The van der Waals surface area contributed by atoms with Crippen molar-refractivity contribution in [2.45, 2.75) is 26.8 Å². The molecule has 8 heteroatoms. The van der Waals surface area contributed by atoms with Crippen LogP contribution in [0.4, 0.5) is 11.4 Å². The Morgan fingerprint density at radius 3 is 1.65 bits per heavy atom. The van der Waals surface area contributed by atoms with Crippen LogP contribution in [0.1, 0.15) is 20.3 Å². The van der Waals surface area contributed by atoms with Crippen LogP contribution in [0.3, 0.4) is 0 Å². The predicted molar refractivity (Wildman–Crippen MR) is 126 cm³/mol. The number of rotatable bonds is 6. The number of hydrogen-bond donors (Lipinski definition) is 2. The molecule has 0 bridgehead atoms. The minimum absolute atomic E-state index is 0.0791. The van der Waals surface area contributed by atoms with Crippen molar-refractivity contribution >= 4 is 43.7 Å². The lowest BCUT2D eigenvalue weighted by atomic mass is 9.97. The maximum atomic E-state index is 13.1. The lowest BCUT2D eigenvalue weighted by molar-refractivity contribution is 0.292. The predicted octanol–water partition coefficient (Wildman–Crippen LogP) is 1.16. The molecule has 0 aliphatic carbocycles. The molecule has 0 fully saturated rings. The van der Waals surface area contributed by atoms with E-state index < -0.39 is 22.0 Å². The molecule has 1 heterocycles. The van der Waals surface area contributed by atoms with Gasteiger partial charge in [-0.2, -0.15) is 0 Å². The van der Waals surface area contributed by atoms with Crippen molar-refractivity contribution in [1.82, 2.24) is 9.47 Å². The van der Waals surface area contributed by atoms with E-state index in [0.717, 1.165) is 24.2 Å². The summed E-state index contributed by atoms with van der Waals surface area (Å²) in [6.45, 7) is 6.77. The topological polar surface area (TPSA) is 128 Å². The highest BCUT2D eigenvalue weighted by Crippen LogP contribution is 2.31. The molecule has 0 radical (unpaired) electrons. The highest BCUT2D eigenvalue weighted by Gasteiger charge is 2.25. The Hall–Kier alpha value is -3.52. The number of nitrogen functional groups attached to an aromatic ring is 2. The second-order valence-electron chi connectivity index (χ2n) is 7.67. The van der Waals surface area contributed by atoms with Crippen LogP contribution in [-0.4, -0.2) is 29.1 Å². The van der Waals surface area contributed by atoms with Gasteiger partial charge in [0.05, 0.1) is 32.9 Å². The highest BCUT2D eigenvalue weighted by atomic mass is 16.2. The molecule has 3 aromatic carbocycles. The normalized spacial score (nSPS) is 12.0. The van der Waals surface area contributed by atoms with E-state index in [4.69, 9.17) is 11.5 Å². The van der Waals surface area contributed by atoms with Crippen molar-refractivity contribution in [2.24, 2.45) is 0 Å². The van der Waals surface area contributed by atoms with E-state index in [1.165, 1.54) is 12.1 Å². The largest absolute Gasteiger partial charge is 0.397 e. The van der Waals surface area contributed by atoms with Crippen LogP contribution in [0.25, 0.3) is 32.3 Å². The molecule has 4 N–H and O–H groups in total. The maximum absolute atomic E-state index is 13.1. The van der Waals surface area contributed by atoms with Crippen molar-refractivity contribution in [3.05, 3.63) is 65.4 Å². The Balaban J connectivity index is 2.03. The molecule has 0 saturated carbocycles. The minimum atomic E-state index is -0.578. The molecule has 4 rings (SSSR count). The minimum Gasteiger partial charge on any atom is -0.397 e. The van der Waals surface area contributed by atoms with Crippen LogP contribution in [0.5, 0.6) is 0 Å². The van der Waals surface area contributed by atoms with Gasteiger partial charge in [0.15, 0.2) is 10.9 Å². The van der Waals surface area contributed by atoms with E-state index in [0.29, 0.717) is 6.42 Å². The van der Waals surface area contributed by atoms with Crippen molar-refractivity contribution in [2.75, 3.05) is 31.1 Å². The fourth-order valence-corrected chi connectivity index (χ4v) is 4.41. The highest BCUT2D eigenvalue weighted by molar-refractivity contribution is 6.20. The Bertz CT molecular complexity index is 1430. The van der Waals surface area contributed by atoms with Crippen LogP contribution >= 0.6 is 0 Å². The van der Waals surface area contributed by atoms with E-state index in [1.807, 2.05) is 13.8 Å². The summed E-state index contributed by atoms with van der Waals surface area (Å²) in [5, 5.41) is 0.0734. The summed E-state index contributed by atoms with van der Waals surface area (Å²) >= 11 is 0. The van der Waals surface area contributed by atoms with Gasteiger partial charge in [-0.1, -0.05) is 38.1 Å². The maximum Gasteiger partial charge on any atom is 0.263 e. The van der Waals surface area contributed by atoms with Crippen LogP contribution in [0.15, 0.2) is 43.4 Å². The Morgan fingerprint density at radius 1 is 0.774 bits per heavy atom. The van der Waals surface area contributed by atoms with E-state index in [1.54, 1.807) is 12.1 Å². The van der Waals surface area contributed by atoms with E-state index in [-0.39, 0.29) is 50.2 Å². The molecule has 160 valence electrons. The molecule has 0 unspecified atom stereocenters. The molecule has 0 aliphatic rings. The van der Waals surface area contributed by atoms with Gasteiger partial charge in [0.25, 0.3) is 11.1 Å². The summed E-state index contributed by atoms with van der Waals surface area (Å²) in [5.41, 5.74) is 10.0. The quantitative estimate of drug-likeness (QED) is 0.272. The molecule has 4 aromatic rings. The molecule has 0 aliphatic heterocycles. The molecule has 1 aromatic heterocycles. The third-order valence-corrected chi connectivity index (χ3v) is 6.12. The monoisotopic (exact) mass is 420 g/mol. The van der Waals surface area contributed by atoms with E-state index in [9.17, 15) is 19.2 Å². The van der Waals surface area contributed by atoms with Gasteiger partial charge in [-0.3, -0.25) is 23.7 Å². The van der Waals surface area contributed by atoms with Crippen LogP contribution in [0.2, 0.25) is 0 Å². The van der Waals surface area contributed by atoms with Crippen LogP contribution in [0, 0.1) is 0 Å². The van der Waals surface area contributed by atoms with Gasteiger partial charge < -0.3 is 16.4 Å². The zero-order chi connectivity index (χ0) is 22.4. The number of aromatic nitrogens is 1. The first-order valence-electron chi connectivity index (χ1n) is 10.3. The van der Waals surface area contributed by atoms with Gasteiger partial charge >= 0.3 is 0 Å². The average molecular weight is 420 g/mol. The molecule has 31 heavy (non-hydrogen) atoms. The number of anilines is 2. The van der Waals surface area contributed by atoms with E-state index >= 15 is 0 Å². The summed E-state index contributed by atoms with van der Waals surface area (Å²) in [4.78, 5) is 54.5. The third-order valence-electron chi connectivity index (χ3n) is 6.12. The van der Waals surface area contributed by atoms with Crippen molar-refractivity contribution in [1.29, 1.82) is 0 Å². The van der Waals surface area contributed by atoms with E-state index in [2.05, 4.69) is 4.90 Å². The fourth-order valence-electron chi connectivity index (χ4n) is 4.41. The van der Waals surface area contributed by atoms with Gasteiger partial charge in [-0.25, -0.2) is 0 Å². The summed E-state index contributed by atoms with van der Waals surface area (Å²) < 4.78 is 1.11. The number of fused-ring (bicyclic) bond motifs is 3. The Kier molecular flexibility index (Phi) is 5.10.